The van der Waals surface area contributed by atoms with Crippen molar-refractivity contribution in [2.45, 2.75) is 4.90 Å². The van der Waals surface area contributed by atoms with Gasteiger partial charge in [-0.25, -0.2) is 12.8 Å². The highest BCUT2D eigenvalue weighted by molar-refractivity contribution is 9.10. The smallest absolute Gasteiger partial charge is 0.265 e. The van der Waals surface area contributed by atoms with Gasteiger partial charge in [-0.15, -0.1) is 0 Å². The summed E-state index contributed by atoms with van der Waals surface area (Å²) >= 11 is 9.11. The Kier molecular flexibility index (Phi) is 4.46. The van der Waals surface area contributed by atoms with E-state index in [2.05, 4.69) is 15.9 Å². The lowest BCUT2D eigenvalue weighted by Crippen LogP contribution is -2.27. The number of nitrogens with two attached hydrogens (primary N) is 1. The minimum absolute atomic E-state index is 0.0565. The van der Waals surface area contributed by atoms with Crippen LogP contribution < -0.4 is 10.0 Å². The first-order valence-corrected chi connectivity index (χ1v) is 8.33. The van der Waals surface area contributed by atoms with Gasteiger partial charge in [-0.2, -0.15) is 0 Å². The molecular weight excluding hydrogens is 383 g/mol. The third-order valence-corrected chi connectivity index (χ3v) is 5.61. The summed E-state index contributed by atoms with van der Waals surface area (Å²) in [6.45, 7) is 0. The summed E-state index contributed by atoms with van der Waals surface area (Å²) in [6, 6.07) is 7.95. The minimum atomic E-state index is -4.01. The van der Waals surface area contributed by atoms with Gasteiger partial charge in [-0.05, 0) is 36.4 Å². The molecular formula is C13H11BrClFN2O2S. The van der Waals surface area contributed by atoms with Crippen LogP contribution in [-0.2, 0) is 10.0 Å². The Labute approximate surface area is 135 Å². The van der Waals surface area contributed by atoms with E-state index < -0.39 is 15.8 Å². The molecule has 2 aromatic rings. The lowest BCUT2D eigenvalue weighted by molar-refractivity contribution is 0.589. The molecule has 0 aliphatic heterocycles. The highest BCUT2D eigenvalue weighted by atomic mass is 79.9. The number of nitrogen functional groups attached to an aromatic ring is 1. The quantitative estimate of drug-likeness (QED) is 0.810. The van der Waals surface area contributed by atoms with E-state index in [-0.39, 0.29) is 21.3 Å². The van der Waals surface area contributed by atoms with Gasteiger partial charge in [-0.3, -0.25) is 4.31 Å². The molecule has 0 atom stereocenters. The van der Waals surface area contributed by atoms with Crippen molar-refractivity contribution in [3.05, 3.63) is 51.7 Å². The van der Waals surface area contributed by atoms with Gasteiger partial charge in [0.15, 0.2) is 0 Å². The van der Waals surface area contributed by atoms with Gasteiger partial charge < -0.3 is 5.73 Å². The highest BCUT2D eigenvalue weighted by Crippen LogP contribution is 2.32. The van der Waals surface area contributed by atoms with E-state index in [1.165, 1.54) is 13.1 Å². The number of anilines is 2. The average molecular weight is 394 g/mol. The van der Waals surface area contributed by atoms with E-state index in [1.54, 1.807) is 18.2 Å². The number of benzene rings is 2. The number of hydrogen-bond donors (Lipinski definition) is 1. The van der Waals surface area contributed by atoms with Crippen molar-refractivity contribution >= 4 is 48.9 Å². The van der Waals surface area contributed by atoms with E-state index in [4.69, 9.17) is 17.3 Å². The highest BCUT2D eigenvalue weighted by Gasteiger charge is 2.25. The van der Waals surface area contributed by atoms with E-state index >= 15 is 0 Å². The molecule has 0 amide bonds. The maximum atomic E-state index is 13.3. The van der Waals surface area contributed by atoms with Crippen LogP contribution in [0.25, 0.3) is 0 Å². The summed E-state index contributed by atoms with van der Waals surface area (Å²) in [4.78, 5) is -0.311. The third kappa shape index (κ3) is 3.14. The first-order chi connectivity index (χ1) is 9.73. The van der Waals surface area contributed by atoms with Crippen molar-refractivity contribution in [1.29, 1.82) is 0 Å². The fourth-order valence-electron chi connectivity index (χ4n) is 1.76. The molecule has 0 spiro atoms. The fraction of sp³-hybridized carbons (Fsp3) is 0.0769. The molecule has 0 unspecified atom stereocenters. The molecule has 112 valence electrons. The van der Waals surface area contributed by atoms with Gasteiger partial charge in [0.1, 0.15) is 10.7 Å². The zero-order valence-corrected chi connectivity index (χ0v) is 14.0. The van der Waals surface area contributed by atoms with E-state index in [0.29, 0.717) is 0 Å². The molecule has 2 N–H and O–H groups in total. The van der Waals surface area contributed by atoms with E-state index in [1.807, 2.05) is 0 Å². The predicted octanol–water partition coefficient (Wildman–Crippen LogP) is 3.65. The predicted molar refractivity (Wildman–Crippen MR) is 85.6 cm³/mol. The van der Waals surface area contributed by atoms with Gasteiger partial charge in [0.25, 0.3) is 10.0 Å². The van der Waals surface area contributed by atoms with Crippen LogP contribution in [0.4, 0.5) is 15.8 Å². The molecule has 4 nitrogen and oxygen atoms in total. The van der Waals surface area contributed by atoms with Gasteiger partial charge in [0.2, 0.25) is 0 Å². The summed E-state index contributed by atoms with van der Waals surface area (Å²) in [5.74, 6) is -0.685. The molecule has 0 saturated carbocycles. The van der Waals surface area contributed by atoms with Crippen molar-refractivity contribution in [1.82, 2.24) is 0 Å². The summed E-state index contributed by atoms with van der Waals surface area (Å²) < 4.78 is 40.1. The minimum Gasteiger partial charge on any atom is -0.397 e. The van der Waals surface area contributed by atoms with Gasteiger partial charge >= 0.3 is 0 Å². The molecule has 0 bridgehead atoms. The maximum Gasteiger partial charge on any atom is 0.265 e. The zero-order valence-electron chi connectivity index (χ0n) is 10.8. The molecule has 0 aromatic heterocycles. The van der Waals surface area contributed by atoms with Crippen LogP contribution in [0.2, 0.25) is 5.02 Å². The van der Waals surface area contributed by atoms with Crippen LogP contribution in [0.5, 0.6) is 0 Å². The van der Waals surface area contributed by atoms with Gasteiger partial charge in [0, 0.05) is 11.5 Å². The summed E-state index contributed by atoms with van der Waals surface area (Å²) in [5, 5.41) is -0.0565. The number of halogens is 3. The maximum absolute atomic E-state index is 13.3. The van der Waals surface area contributed by atoms with Crippen LogP contribution >= 0.6 is 27.5 Å². The molecule has 0 fully saturated rings. The van der Waals surface area contributed by atoms with Crippen molar-refractivity contribution in [2.24, 2.45) is 0 Å². The second-order valence-corrected chi connectivity index (χ2v) is 7.51. The molecule has 0 heterocycles. The first-order valence-electron chi connectivity index (χ1n) is 5.72. The molecule has 0 aliphatic carbocycles. The second kappa shape index (κ2) is 5.82. The number of hydrogen-bond acceptors (Lipinski definition) is 3. The molecule has 0 saturated heterocycles. The van der Waals surface area contributed by atoms with E-state index in [0.717, 1.165) is 20.9 Å². The average Bonchev–Trinajstić information content (AvgIpc) is 2.40. The SMILES string of the molecule is CN(c1ccc(Br)cc1N)S(=O)(=O)c1cc(F)ccc1Cl. The lowest BCUT2D eigenvalue weighted by Gasteiger charge is -2.21. The van der Waals surface area contributed by atoms with Crippen LogP contribution in [-0.4, -0.2) is 15.5 Å². The number of rotatable bonds is 3. The van der Waals surface area contributed by atoms with E-state index in [9.17, 15) is 12.8 Å². The number of nitrogens with zero attached hydrogens (tertiary/aromatic N) is 1. The largest absolute Gasteiger partial charge is 0.397 e. The second-order valence-electron chi connectivity index (χ2n) is 4.25. The molecule has 0 radical (unpaired) electrons. The molecule has 0 aliphatic rings. The van der Waals surface area contributed by atoms with Crippen molar-refractivity contribution in [3.8, 4) is 0 Å². The summed E-state index contributed by atoms with van der Waals surface area (Å²) in [7, 11) is -2.68. The van der Waals surface area contributed by atoms with Crippen molar-refractivity contribution in [2.75, 3.05) is 17.1 Å². The zero-order chi connectivity index (χ0) is 15.8. The van der Waals surface area contributed by atoms with Gasteiger partial charge in [-0.1, -0.05) is 27.5 Å². The number of sulfonamides is 1. The van der Waals surface area contributed by atoms with Crippen molar-refractivity contribution < 1.29 is 12.8 Å². The summed E-state index contributed by atoms with van der Waals surface area (Å²) in [6.07, 6.45) is 0. The lowest BCUT2D eigenvalue weighted by atomic mass is 10.3. The fourth-order valence-corrected chi connectivity index (χ4v) is 3.85. The Hall–Kier alpha value is -1.31. The molecule has 21 heavy (non-hydrogen) atoms. The molecule has 8 heteroatoms. The van der Waals surface area contributed by atoms with Crippen LogP contribution in [0.3, 0.4) is 0 Å². The third-order valence-electron chi connectivity index (χ3n) is 2.86. The van der Waals surface area contributed by atoms with Crippen LogP contribution in [0.15, 0.2) is 45.8 Å². The van der Waals surface area contributed by atoms with Crippen LogP contribution in [0, 0.1) is 5.82 Å². The Bertz CT molecular complexity index is 799. The topological polar surface area (TPSA) is 63.4 Å². The Morgan fingerprint density at radius 3 is 2.52 bits per heavy atom. The molecule has 2 rings (SSSR count). The summed E-state index contributed by atoms with van der Waals surface area (Å²) in [5.41, 5.74) is 6.36. The monoisotopic (exact) mass is 392 g/mol. The Balaban J connectivity index is 2.55. The standard InChI is InChI=1S/C13H11BrClFN2O2S/c1-18(12-5-2-8(14)6-11(12)17)21(19,20)13-7-9(16)3-4-10(13)15/h2-7H,17H2,1H3. The first kappa shape index (κ1) is 16.1. The normalized spacial score (nSPS) is 11.4. The van der Waals surface area contributed by atoms with Crippen molar-refractivity contribution in [3.63, 3.8) is 0 Å². The molecule has 2 aromatic carbocycles. The Morgan fingerprint density at radius 1 is 1.24 bits per heavy atom. The Morgan fingerprint density at radius 2 is 1.90 bits per heavy atom. The van der Waals surface area contributed by atoms with Gasteiger partial charge in [0.05, 0.1) is 16.4 Å². The van der Waals surface area contributed by atoms with Crippen LogP contribution in [0.1, 0.15) is 0 Å².